The monoisotopic (exact) mass is 610 g/mol. The van der Waals surface area contributed by atoms with Crippen LogP contribution in [0, 0.1) is 22.7 Å². The molecule has 0 aliphatic rings. The van der Waals surface area contributed by atoms with Gasteiger partial charge in [-0.1, -0.05) is 97.1 Å². The number of hydrogen-bond acceptors (Lipinski definition) is 2. The lowest BCUT2D eigenvalue weighted by Crippen LogP contribution is -2.00. The minimum Gasteiger partial charge on any atom is -0.309 e. The van der Waals surface area contributed by atoms with Crippen molar-refractivity contribution in [2.24, 2.45) is 0 Å². The molecule has 0 saturated heterocycles. The first-order valence-electron chi connectivity index (χ1n) is 15.9. The first kappa shape index (κ1) is 27.4. The van der Waals surface area contributed by atoms with Crippen LogP contribution in [0.3, 0.4) is 0 Å². The molecule has 0 aliphatic carbocycles. The molecule has 222 valence electrons. The number of nitrogens with zero attached hydrogens (tertiary/aromatic N) is 4. The number of para-hydroxylation sites is 4. The van der Waals surface area contributed by atoms with E-state index in [1.807, 2.05) is 48.5 Å². The Balaban J connectivity index is 1.31. The van der Waals surface area contributed by atoms with Crippen LogP contribution in [-0.4, -0.2) is 9.13 Å². The molecule has 0 N–H and O–H groups in total. The molecule has 0 bridgehead atoms. The fourth-order valence-electron chi connectivity index (χ4n) is 7.30. The van der Waals surface area contributed by atoms with Gasteiger partial charge in [0.05, 0.1) is 51.0 Å². The van der Waals surface area contributed by atoms with Gasteiger partial charge < -0.3 is 9.13 Å². The van der Waals surface area contributed by atoms with Crippen LogP contribution in [0.25, 0.3) is 77.2 Å². The van der Waals surface area contributed by atoms with Gasteiger partial charge in [0.2, 0.25) is 0 Å². The lowest BCUT2D eigenvalue weighted by molar-refractivity contribution is 1.18. The van der Waals surface area contributed by atoms with E-state index in [9.17, 15) is 10.5 Å². The second-order valence-corrected chi connectivity index (χ2v) is 12.0. The summed E-state index contributed by atoms with van der Waals surface area (Å²) in [7, 11) is 0. The van der Waals surface area contributed by atoms with Crippen molar-refractivity contribution in [1.82, 2.24) is 9.13 Å². The van der Waals surface area contributed by atoms with Crippen molar-refractivity contribution in [2.75, 3.05) is 0 Å². The first-order valence-corrected chi connectivity index (χ1v) is 15.9. The molecule has 4 heteroatoms. The summed E-state index contributed by atoms with van der Waals surface area (Å²) < 4.78 is 4.57. The third-order valence-corrected chi connectivity index (χ3v) is 9.38. The Morgan fingerprint density at radius 3 is 1.40 bits per heavy atom. The van der Waals surface area contributed by atoms with E-state index in [1.165, 1.54) is 10.8 Å². The van der Waals surface area contributed by atoms with E-state index in [0.29, 0.717) is 11.1 Å². The van der Waals surface area contributed by atoms with E-state index in [4.69, 9.17) is 0 Å². The maximum atomic E-state index is 10.1. The van der Waals surface area contributed by atoms with Crippen molar-refractivity contribution in [3.05, 3.63) is 169 Å². The van der Waals surface area contributed by atoms with Crippen LogP contribution in [0.2, 0.25) is 0 Å². The second-order valence-electron chi connectivity index (χ2n) is 12.0. The van der Waals surface area contributed by atoms with E-state index in [2.05, 4.69) is 130 Å². The molecule has 2 heterocycles. The molecule has 9 rings (SSSR count). The van der Waals surface area contributed by atoms with Gasteiger partial charge in [-0.25, -0.2) is 0 Å². The molecule has 7 aromatic carbocycles. The van der Waals surface area contributed by atoms with Crippen LogP contribution in [-0.2, 0) is 0 Å². The Hall–Kier alpha value is -6.88. The number of aromatic nitrogens is 2. The third-order valence-electron chi connectivity index (χ3n) is 9.38. The first-order chi connectivity index (χ1) is 23.7. The summed E-state index contributed by atoms with van der Waals surface area (Å²) in [5, 5.41) is 24.8. The van der Waals surface area contributed by atoms with Gasteiger partial charge >= 0.3 is 0 Å². The zero-order valence-corrected chi connectivity index (χ0v) is 25.8. The molecular weight excluding hydrogens is 585 g/mol. The predicted octanol–water partition coefficient (Wildman–Crippen LogP) is 11.0. The molecular formula is C44H26N4. The van der Waals surface area contributed by atoms with E-state index in [1.54, 1.807) is 0 Å². The van der Waals surface area contributed by atoms with E-state index in [-0.39, 0.29) is 0 Å². The van der Waals surface area contributed by atoms with Crippen LogP contribution in [0.1, 0.15) is 11.1 Å². The van der Waals surface area contributed by atoms with Gasteiger partial charge in [0, 0.05) is 32.8 Å². The molecule has 4 nitrogen and oxygen atoms in total. The standard InChI is InChI=1S/C44H26N4/c45-27-29-20-22-33(31-10-9-11-32(26-31)47-40-16-5-1-12-34(40)35-13-2-6-17-41(35)47)39(24-29)38-23-21-30(28-46)25-44(38)48-42-18-7-3-14-36(42)37-15-4-8-19-43(37)48/h1-26H. The Morgan fingerprint density at radius 2 is 0.854 bits per heavy atom. The number of fused-ring (bicyclic) bond motifs is 6. The molecule has 0 radical (unpaired) electrons. The molecule has 0 fully saturated rings. The topological polar surface area (TPSA) is 57.4 Å². The number of benzene rings is 7. The van der Waals surface area contributed by atoms with Crippen LogP contribution in [0.5, 0.6) is 0 Å². The summed E-state index contributed by atoms with van der Waals surface area (Å²) in [6, 6.07) is 58.9. The number of hydrogen-bond donors (Lipinski definition) is 0. The minimum absolute atomic E-state index is 0.571. The lowest BCUT2D eigenvalue weighted by Gasteiger charge is -2.18. The summed E-state index contributed by atoms with van der Waals surface area (Å²) in [6.07, 6.45) is 0. The Kier molecular flexibility index (Phi) is 6.22. The lowest BCUT2D eigenvalue weighted by atomic mass is 9.91. The zero-order valence-electron chi connectivity index (χ0n) is 25.8. The maximum absolute atomic E-state index is 10.1. The zero-order chi connectivity index (χ0) is 32.2. The number of rotatable bonds is 4. The molecule has 0 aliphatic heterocycles. The Bertz CT molecular complexity index is 2710. The van der Waals surface area contributed by atoms with Crippen LogP contribution in [0.15, 0.2) is 158 Å². The maximum Gasteiger partial charge on any atom is 0.0992 e. The Morgan fingerprint density at radius 1 is 0.375 bits per heavy atom. The van der Waals surface area contributed by atoms with E-state index in [0.717, 1.165) is 66.5 Å². The van der Waals surface area contributed by atoms with Gasteiger partial charge in [-0.2, -0.15) is 10.5 Å². The van der Waals surface area contributed by atoms with Crippen LogP contribution in [0.4, 0.5) is 0 Å². The second kappa shape index (κ2) is 10.9. The highest BCUT2D eigenvalue weighted by Gasteiger charge is 2.19. The van der Waals surface area contributed by atoms with Gasteiger partial charge in [0.1, 0.15) is 0 Å². The van der Waals surface area contributed by atoms with Crippen molar-refractivity contribution < 1.29 is 0 Å². The highest BCUT2D eigenvalue weighted by Crippen LogP contribution is 2.41. The van der Waals surface area contributed by atoms with Crippen molar-refractivity contribution in [3.8, 4) is 45.8 Å². The molecule has 0 amide bonds. The smallest absolute Gasteiger partial charge is 0.0992 e. The third kappa shape index (κ3) is 4.14. The molecule has 0 saturated carbocycles. The van der Waals surface area contributed by atoms with Crippen LogP contribution < -0.4 is 0 Å². The normalized spacial score (nSPS) is 11.3. The molecule has 0 atom stereocenters. The quantitative estimate of drug-likeness (QED) is 0.199. The summed E-state index contributed by atoms with van der Waals surface area (Å²) in [5.41, 5.74) is 11.4. The fraction of sp³-hybridized carbons (Fsp3) is 0. The van der Waals surface area contributed by atoms with Crippen molar-refractivity contribution >= 4 is 43.6 Å². The average Bonchev–Trinajstić information content (AvgIpc) is 3.67. The van der Waals surface area contributed by atoms with E-state index >= 15 is 0 Å². The molecule has 0 spiro atoms. The highest BCUT2D eigenvalue weighted by molar-refractivity contribution is 6.11. The van der Waals surface area contributed by atoms with Gasteiger partial charge in [-0.15, -0.1) is 0 Å². The summed E-state index contributed by atoms with van der Waals surface area (Å²) in [5.74, 6) is 0. The van der Waals surface area contributed by atoms with Gasteiger partial charge in [0.15, 0.2) is 0 Å². The number of nitriles is 2. The molecule has 48 heavy (non-hydrogen) atoms. The van der Waals surface area contributed by atoms with Crippen LogP contribution >= 0.6 is 0 Å². The van der Waals surface area contributed by atoms with Gasteiger partial charge in [-0.05, 0) is 77.4 Å². The minimum atomic E-state index is 0.571. The predicted molar refractivity (Wildman–Crippen MR) is 195 cm³/mol. The summed E-state index contributed by atoms with van der Waals surface area (Å²) in [6.45, 7) is 0. The fourth-order valence-corrected chi connectivity index (χ4v) is 7.30. The Labute approximate surface area is 277 Å². The largest absolute Gasteiger partial charge is 0.309 e. The van der Waals surface area contributed by atoms with Crippen molar-refractivity contribution in [3.63, 3.8) is 0 Å². The SMILES string of the molecule is N#Cc1ccc(-c2cccc(-n3c4ccccc4c4ccccc43)c2)c(-c2ccc(C#N)cc2-n2c3ccccc3c3ccccc32)c1. The van der Waals surface area contributed by atoms with Gasteiger partial charge in [0.25, 0.3) is 0 Å². The summed E-state index contributed by atoms with van der Waals surface area (Å²) >= 11 is 0. The molecule has 2 aromatic heterocycles. The molecule has 0 unspecified atom stereocenters. The molecule has 9 aromatic rings. The van der Waals surface area contributed by atoms with E-state index < -0.39 is 0 Å². The van der Waals surface area contributed by atoms with Gasteiger partial charge in [-0.3, -0.25) is 0 Å². The van der Waals surface area contributed by atoms with Crippen molar-refractivity contribution in [1.29, 1.82) is 10.5 Å². The van der Waals surface area contributed by atoms with Crippen molar-refractivity contribution in [2.45, 2.75) is 0 Å². The highest BCUT2D eigenvalue weighted by atomic mass is 15.0. The average molecular weight is 611 g/mol. The summed E-state index contributed by atoms with van der Waals surface area (Å²) in [4.78, 5) is 0.